The Labute approximate surface area is 188 Å². The fraction of sp³-hybridized carbons (Fsp3) is 0.391. The standard InChI is InChI=1S/C23H25BrN2OS2/c1-14(24)13-28-22-25-20-19(21(27)26(22)16-8-6-5-7-9-16)17-11-10-15(23(2,3)4)12-18(17)29-20/h5-9,15H,1,10-13H2,2-4H3. The van der Waals surface area contributed by atoms with Gasteiger partial charge in [0.25, 0.3) is 5.56 Å². The van der Waals surface area contributed by atoms with E-state index >= 15 is 0 Å². The van der Waals surface area contributed by atoms with Crippen molar-refractivity contribution in [1.82, 2.24) is 9.55 Å². The van der Waals surface area contributed by atoms with Crippen LogP contribution in [0, 0.1) is 11.3 Å². The molecule has 0 aliphatic heterocycles. The van der Waals surface area contributed by atoms with Gasteiger partial charge in [-0.1, -0.05) is 73.2 Å². The smallest absolute Gasteiger partial charge is 0.267 e. The van der Waals surface area contributed by atoms with Crippen LogP contribution in [0.4, 0.5) is 0 Å². The van der Waals surface area contributed by atoms with E-state index in [4.69, 9.17) is 4.98 Å². The highest BCUT2D eigenvalue weighted by molar-refractivity contribution is 9.11. The van der Waals surface area contributed by atoms with Crippen LogP contribution in [0.15, 0.2) is 51.3 Å². The van der Waals surface area contributed by atoms with Crippen LogP contribution in [0.2, 0.25) is 0 Å². The minimum atomic E-state index is 0.0515. The summed E-state index contributed by atoms with van der Waals surface area (Å²) in [5.74, 6) is 1.31. The number of nitrogens with zero attached hydrogens (tertiary/aromatic N) is 2. The molecule has 152 valence electrons. The Morgan fingerprint density at radius 3 is 2.72 bits per heavy atom. The Kier molecular flexibility index (Phi) is 5.79. The van der Waals surface area contributed by atoms with Crippen LogP contribution in [-0.4, -0.2) is 15.3 Å². The highest BCUT2D eigenvalue weighted by atomic mass is 79.9. The average Bonchev–Trinajstić information content (AvgIpc) is 3.04. The Morgan fingerprint density at radius 2 is 2.07 bits per heavy atom. The summed E-state index contributed by atoms with van der Waals surface area (Å²) in [6.07, 6.45) is 3.14. The number of fused-ring (bicyclic) bond motifs is 3. The van der Waals surface area contributed by atoms with Crippen molar-refractivity contribution >= 4 is 49.2 Å². The lowest BCUT2D eigenvalue weighted by Crippen LogP contribution is -2.27. The number of halogens is 1. The molecule has 2 heterocycles. The molecule has 1 aliphatic carbocycles. The molecule has 29 heavy (non-hydrogen) atoms. The third kappa shape index (κ3) is 4.12. The predicted octanol–water partition coefficient (Wildman–Crippen LogP) is 6.60. The number of thioether (sulfide) groups is 1. The monoisotopic (exact) mass is 488 g/mol. The first-order chi connectivity index (χ1) is 13.8. The minimum Gasteiger partial charge on any atom is -0.268 e. The molecule has 0 N–H and O–H groups in total. The summed E-state index contributed by atoms with van der Waals surface area (Å²) in [5, 5.41) is 1.54. The van der Waals surface area contributed by atoms with Crippen LogP contribution >= 0.6 is 39.0 Å². The molecule has 0 spiro atoms. The SMILES string of the molecule is C=C(Br)CSc1nc2sc3c(c2c(=O)n1-c1ccccc1)CCC(C(C)(C)C)C3. The molecule has 0 radical (unpaired) electrons. The largest absolute Gasteiger partial charge is 0.268 e. The number of thiophene rings is 1. The van der Waals surface area contributed by atoms with Gasteiger partial charge in [0.2, 0.25) is 0 Å². The van der Waals surface area contributed by atoms with Gasteiger partial charge in [0.15, 0.2) is 5.16 Å². The van der Waals surface area contributed by atoms with E-state index in [0.29, 0.717) is 11.7 Å². The average molecular weight is 490 g/mol. The third-order valence-corrected chi connectivity index (χ3v) is 8.47. The van der Waals surface area contributed by atoms with Crippen molar-refractivity contribution in [2.75, 3.05) is 5.75 Å². The van der Waals surface area contributed by atoms with Gasteiger partial charge in [-0.25, -0.2) is 4.98 Å². The Morgan fingerprint density at radius 1 is 1.34 bits per heavy atom. The maximum absolute atomic E-state index is 13.7. The van der Waals surface area contributed by atoms with E-state index in [2.05, 4.69) is 43.3 Å². The number of hydrogen-bond donors (Lipinski definition) is 0. The molecule has 4 rings (SSSR count). The van der Waals surface area contributed by atoms with Gasteiger partial charge in [-0.15, -0.1) is 11.3 Å². The maximum Gasteiger partial charge on any atom is 0.267 e. The molecule has 1 atom stereocenters. The quantitative estimate of drug-likeness (QED) is 0.306. The molecule has 0 saturated heterocycles. The van der Waals surface area contributed by atoms with Crippen LogP contribution in [0.3, 0.4) is 0 Å². The number of aryl methyl sites for hydroxylation is 1. The van der Waals surface area contributed by atoms with Gasteiger partial charge < -0.3 is 0 Å². The fourth-order valence-electron chi connectivity index (χ4n) is 3.99. The number of benzene rings is 1. The van der Waals surface area contributed by atoms with E-state index in [0.717, 1.165) is 44.8 Å². The summed E-state index contributed by atoms with van der Waals surface area (Å²) in [6.45, 7) is 10.9. The molecule has 1 unspecified atom stereocenters. The molecule has 2 aromatic heterocycles. The van der Waals surface area contributed by atoms with Gasteiger partial charge in [0, 0.05) is 10.6 Å². The van der Waals surface area contributed by atoms with Gasteiger partial charge >= 0.3 is 0 Å². The molecule has 1 aromatic carbocycles. The van der Waals surface area contributed by atoms with E-state index in [1.807, 2.05) is 30.3 Å². The van der Waals surface area contributed by atoms with Crippen LogP contribution in [0.1, 0.15) is 37.6 Å². The van der Waals surface area contributed by atoms with E-state index in [9.17, 15) is 4.79 Å². The van der Waals surface area contributed by atoms with Gasteiger partial charge in [-0.05, 0) is 52.8 Å². The van der Waals surface area contributed by atoms with E-state index < -0.39 is 0 Å². The molecular weight excluding hydrogens is 464 g/mol. The van der Waals surface area contributed by atoms with Crippen LogP contribution in [0.25, 0.3) is 15.9 Å². The van der Waals surface area contributed by atoms with Gasteiger partial charge in [-0.3, -0.25) is 9.36 Å². The van der Waals surface area contributed by atoms with Crippen molar-refractivity contribution in [3.05, 3.63) is 62.2 Å². The lowest BCUT2D eigenvalue weighted by Gasteiger charge is -2.33. The lowest BCUT2D eigenvalue weighted by atomic mass is 9.72. The second-order valence-electron chi connectivity index (χ2n) is 8.67. The summed E-state index contributed by atoms with van der Waals surface area (Å²) in [5.41, 5.74) is 2.42. The number of aromatic nitrogens is 2. The Bertz CT molecular complexity index is 1130. The molecular formula is C23H25BrN2OS2. The van der Waals surface area contributed by atoms with Crippen molar-refractivity contribution in [3.63, 3.8) is 0 Å². The predicted molar refractivity (Wildman–Crippen MR) is 129 cm³/mol. The molecule has 3 aromatic rings. The lowest BCUT2D eigenvalue weighted by molar-refractivity contribution is 0.218. The van der Waals surface area contributed by atoms with Crippen molar-refractivity contribution in [3.8, 4) is 5.69 Å². The van der Waals surface area contributed by atoms with Gasteiger partial charge in [0.05, 0.1) is 11.1 Å². The van der Waals surface area contributed by atoms with Crippen molar-refractivity contribution in [1.29, 1.82) is 0 Å². The zero-order valence-electron chi connectivity index (χ0n) is 17.0. The highest BCUT2D eigenvalue weighted by Crippen LogP contribution is 2.42. The number of para-hydroxylation sites is 1. The highest BCUT2D eigenvalue weighted by Gasteiger charge is 2.32. The maximum atomic E-state index is 13.7. The fourth-order valence-corrected chi connectivity index (χ4v) is 6.44. The zero-order chi connectivity index (χ0) is 20.8. The molecule has 1 aliphatic rings. The van der Waals surface area contributed by atoms with Crippen LogP contribution in [-0.2, 0) is 12.8 Å². The molecule has 3 nitrogen and oxygen atoms in total. The normalized spacial score (nSPS) is 16.8. The van der Waals surface area contributed by atoms with Gasteiger partial charge in [-0.2, -0.15) is 0 Å². The van der Waals surface area contributed by atoms with Crippen molar-refractivity contribution in [2.24, 2.45) is 11.3 Å². The van der Waals surface area contributed by atoms with Crippen LogP contribution < -0.4 is 5.56 Å². The molecule has 0 saturated carbocycles. The van der Waals surface area contributed by atoms with Crippen molar-refractivity contribution < 1.29 is 0 Å². The summed E-state index contributed by atoms with van der Waals surface area (Å²) in [4.78, 5) is 20.9. The van der Waals surface area contributed by atoms with Crippen molar-refractivity contribution in [2.45, 2.75) is 45.2 Å². The molecule has 0 fully saturated rings. The molecule has 6 heteroatoms. The third-order valence-electron chi connectivity index (χ3n) is 5.65. The summed E-state index contributed by atoms with van der Waals surface area (Å²) < 4.78 is 2.65. The second kappa shape index (κ2) is 8.05. The zero-order valence-corrected chi connectivity index (χ0v) is 20.2. The first kappa shape index (κ1) is 20.9. The van der Waals surface area contributed by atoms with E-state index in [-0.39, 0.29) is 11.0 Å². The number of rotatable bonds is 4. The first-order valence-corrected chi connectivity index (χ1v) is 12.4. The summed E-state index contributed by atoms with van der Waals surface area (Å²) >= 11 is 6.68. The molecule has 0 amide bonds. The Hall–Kier alpha value is -1.37. The van der Waals surface area contributed by atoms with Gasteiger partial charge in [0.1, 0.15) is 4.83 Å². The van der Waals surface area contributed by atoms with E-state index in [1.165, 1.54) is 10.4 Å². The molecule has 0 bridgehead atoms. The van der Waals surface area contributed by atoms with E-state index in [1.54, 1.807) is 27.7 Å². The first-order valence-electron chi connectivity index (χ1n) is 9.84. The summed E-state index contributed by atoms with van der Waals surface area (Å²) in [6, 6.07) is 9.82. The topological polar surface area (TPSA) is 34.9 Å². The number of hydrogen-bond acceptors (Lipinski definition) is 4. The van der Waals surface area contributed by atoms with Crippen LogP contribution in [0.5, 0.6) is 0 Å². The Balaban J connectivity index is 1.90. The summed E-state index contributed by atoms with van der Waals surface area (Å²) in [7, 11) is 0. The minimum absolute atomic E-state index is 0.0515. The second-order valence-corrected chi connectivity index (χ2v) is 11.8.